The third-order valence-corrected chi connectivity index (χ3v) is 7.33. The second kappa shape index (κ2) is 8.38. The molecule has 1 aromatic heterocycles. The van der Waals surface area contributed by atoms with Gasteiger partial charge < -0.3 is 9.15 Å². The van der Waals surface area contributed by atoms with Gasteiger partial charge in [-0.15, -0.1) is 0 Å². The number of oxazole rings is 1. The lowest BCUT2D eigenvalue weighted by molar-refractivity contribution is 0.0430. The molecule has 0 spiro atoms. The van der Waals surface area contributed by atoms with Gasteiger partial charge in [-0.3, -0.25) is 0 Å². The lowest BCUT2D eigenvalue weighted by atomic mass is 9.58. The molecule has 2 aromatic rings. The van der Waals surface area contributed by atoms with Crippen LogP contribution in [0.25, 0.3) is 11.5 Å². The highest BCUT2D eigenvalue weighted by molar-refractivity contribution is 5.54. The fourth-order valence-electron chi connectivity index (χ4n) is 5.59. The molecule has 4 rings (SSSR count). The topological polar surface area (TPSA) is 35.3 Å². The van der Waals surface area contributed by atoms with Crippen molar-refractivity contribution in [3.63, 3.8) is 0 Å². The highest BCUT2D eigenvalue weighted by atomic mass is 16.5. The highest BCUT2D eigenvalue weighted by Gasteiger charge is 2.43. The van der Waals surface area contributed by atoms with Crippen molar-refractivity contribution in [3.8, 4) is 17.3 Å². The first-order valence-electron chi connectivity index (χ1n) is 11.3. The summed E-state index contributed by atoms with van der Waals surface area (Å²) in [6.45, 7) is 10.7. The van der Waals surface area contributed by atoms with Gasteiger partial charge >= 0.3 is 0 Å². The molecule has 0 N–H and O–H groups in total. The van der Waals surface area contributed by atoms with Crippen molar-refractivity contribution in [2.75, 3.05) is 0 Å². The Kier molecular flexibility index (Phi) is 5.85. The second-order valence-corrected chi connectivity index (χ2v) is 9.35. The molecule has 2 atom stereocenters. The molecular weight excluding hydrogens is 358 g/mol. The zero-order valence-corrected chi connectivity index (χ0v) is 18.3. The lowest BCUT2D eigenvalue weighted by Crippen LogP contribution is -2.39. The first-order chi connectivity index (χ1) is 14.0. The third kappa shape index (κ3) is 4.15. The molecule has 0 aliphatic heterocycles. The van der Waals surface area contributed by atoms with E-state index in [9.17, 15) is 0 Å². The summed E-state index contributed by atoms with van der Waals surface area (Å²) in [5.74, 6) is 2.77. The predicted octanol–water partition coefficient (Wildman–Crippen LogP) is 7.42. The Labute approximate surface area is 175 Å². The second-order valence-electron chi connectivity index (χ2n) is 9.35. The average Bonchev–Trinajstić information content (AvgIpc) is 3.09. The van der Waals surface area contributed by atoms with Crippen LogP contribution in [0.3, 0.4) is 0 Å². The van der Waals surface area contributed by atoms with Crippen LogP contribution in [0.2, 0.25) is 0 Å². The zero-order chi connectivity index (χ0) is 20.4. The molecule has 156 valence electrons. The van der Waals surface area contributed by atoms with Crippen molar-refractivity contribution in [2.24, 2.45) is 11.3 Å². The number of hydrogen-bond donors (Lipinski definition) is 0. The van der Waals surface area contributed by atoms with Crippen molar-refractivity contribution in [1.82, 2.24) is 4.98 Å². The Morgan fingerprint density at radius 3 is 2.48 bits per heavy atom. The molecule has 1 aromatic carbocycles. The molecule has 2 saturated carbocycles. The van der Waals surface area contributed by atoms with Crippen LogP contribution in [0.5, 0.6) is 5.88 Å². The van der Waals surface area contributed by atoms with Gasteiger partial charge in [0.1, 0.15) is 6.10 Å². The average molecular weight is 394 g/mol. The number of hydrogen-bond acceptors (Lipinski definition) is 3. The van der Waals surface area contributed by atoms with Crippen LogP contribution in [-0.4, -0.2) is 11.1 Å². The summed E-state index contributed by atoms with van der Waals surface area (Å²) in [4.78, 5) is 4.69. The molecule has 2 unspecified atom stereocenters. The summed E-state index contributed by atoms with van der Waals surface area (Å²) in [6.07, 6.45) is 11.6. The van der Waals surface area contributed by atoms with E-state index in [1.807, 2.05) is 6.92 Å². The van der Waals surface area contributed by atoms with Gasteiger partial charge in [-0.1, -0.05) is 49.1 Å². The molecule has 2 aliphatic rings. The predicted molar refractivity (Wildman–Crippen MR) is 118 cm³/mol. The molecule has 2 aliphatic carbocycles. The number of rotatable bonds is 5. The number of aryl methyl sites for hydroxylation is 2. The van der Waals surface area contributed by atoms with Gasteiger partial charge in [-0.2, -0.15) is 4.98 Å². The van der Waals surface area contributed by atoms with Gasteiger partial charge in [-0.05, 0) is 82.8 Å². The van der Waals surface area contributed by atoms with E-state index in [0.717, 1.165) is 24.2 Å². The van der Waals surface area contributed by atoms with Crippen LogP contribution >= 0.6 is 0 Å². The maximum Gasteiger partial charge on any atom is 0.256 e. The Morgan fingerprint density at radius 1 is 1.07 bits per heavy atom. The van der Waals surface area contributed by atoms with Crippen LogP contribution in [-0.2, 0) is 0 Å². The number of allylic oxidation sites excluding steroid dienone is 1. The minimum Gasteiger partial charge on any atom is -0.472 e. The largest absolute Gasteiger partial charge is 0.472 e. The van der Waals surface area contributed by atoms with Crippen molar-refractivity contribution in [3.05, 3.63) is 47.7 Å². The van der Waals surface area contributed by atoms with Crippen molar-refractivity contribution in [1.29, 1.82) is 0 Å². The Balaban J connectivity index is 1.48. The van der Waals surface area contributed by atoms with E-state index in [0.29, 0.717) is 23.1 Å². The third-order valence-electron chi connectivity index (χ3n) is 7.33. The first-order valence-corrected chi connectivity index (χ1v) is 11.3. The Bertz CT molecular complexity index is 842. The first kappa shape index (κ1) is 20.3. The number of benzene rings is 1. The molecule has 29 heavy (non-hydrogen) atoms. The minimum atomic E-state index is 0.224. The Hall–Kier alpha value is -2.03. The van der Waals surface area contributed by atoms with Gasteiger partial charge in [-0.25, -0.2) is 0 Å². The van der Waals surface area contributed by atoms with Gasteiger partial charge in [0.15, 0.2) is 5.76 Å². The SMILES string of the molecule is C=C(C)C1(C2CCCC(Oc3nc(-c4ccc(C)cc4)oc3C)C2)CCCCC1. The summed E-state index contributed by atoms with van der Waals surface area (Å²) >= 11 is 0. The molecule has 0 saturated heterocycles. The molecule has 0 radical (unpaired) electrons. The lowest BCUT2D eigenvalue weighted by Gasteiger charge is -2.47. The van der Waals surface area contributed by atoms with Crippen molar-refractivity contribution in [2.45, 2.75) is 84.7 Å². The van der Waals surface area contributed by atoms with E-state index in [1.165, 1.54) is 56.1 Å². The molecule has 2 fully saturated rings. The van der Waals surface area contributed by atoms with Crippen LogP contribution < -0.4 is 4.74 Å². The monoisotopic (exact) mass is 393 g/mol. The maximum atomic E-state index is 6.42. The highest BCUT2D eigenvalue weighted by Crippen LogP contribution is 2.52. The number of aromatic nitrogens is 1. The van der Waals surface area contributed by atoms with E-state index in [-0.39, 0.29) is 6.10 Å². The molecule has 1 heterocycles. The van der Waals surface area contributed by atoms with Crippen LogP contribution in [0, 0.1) is 25.2 Å². The van der Waals surface area contributed by atoms with Gasteiger partial charge in [0, 0.05) is 5.56 Å². The number of ether oxygens (including phenoxy) is 1. The van der Waals surface area contributed by atoms with Gasteiger partial charge in [0.2, 0.25) is 5.89 Å². The summed E-state index contributed by atoms with van der Waals surface area (Å²) in [5.41, 5.74) is 3.95. The van der Waals surface area contributed by atoms with E-state index < -0.39 is 0 Å². The van der Waals surface area contributed by atoms with E-state index in [1.54, 1.807) is 0 Å². The fraction of sp³-hybridized carbons (Fsp3) is 0.577. The summed E-state index contributed by atoms with van der Waals surface area (Å²) < 4.78 is 12.4. The van der Waals surface area contributed by atoms with E-state index >= 15 is 0 Å². The molecule has 3 heteroatoms. The standard InChI is InChI=1S/C26H35NO2/c1-18(2)26(15-6-5-7-16-26)22-9-8-10-23(17-22)29-24-20(4)28-25(27-24)21-13-11-19(3)12-14-21/h11-14,22-23H,1,5-10,15-17H2,2-4H3. The summed E-state index contributed by atoms with van der Waals surface area (Å²) in [6, 6.07) is 8.28. The molecular formula is C26H35NO2. The van der Waals surface area contributed by atoms with Crippen LogP contribution in [0.4, 0.5) is 0 Å². The van der Waals surface area contributed by atoms with E-state index in [2.05, 4.69) is 49.7 Å². The van der Waals surface area contributed by atoms with Gasteiger partial charge in [0.05, 0.1) is 0 Å². The normalized spacial score (nSPS) is 24.2. The quantitative estimate of drug-likeness (QED) is 0.496. The van der Waals surface area contributed by atoms with Crippen molar-refractivity contribution >= 4 is 0 Å². The maximum absolute atomic E-state index is 6.42. The molecule has 0 amide bonds. The Morgan fingerprint density at radius 2 is 1.79 bits per heavy atom. The number of nitrogens with zero attached hydrogens (tertiary/aromatic N) is 1. The van der Waals surface area contributed by atoms with Gasteiger partial charge in [0.25, 0.3) is 5.88 Å². The zero-order valence-electron chi connectivity index (χ0n) is 18.3. The summed E-state index contributed by atoms with van der Waals surface area (Å²) in [5, 5.41) is 0. The molecule has 0 bridgehead atoms. The molecule has 3 nitrogen and oxygen atoms in total. The van der Waals surface area contributed by atoms with E-state index in [4.69, 9.17) is 9.15 Å². The van der Waals surface area contributed by atoms with Crippen LogP contribution in [0.15, 0.2) is 40.8 Å². The minimum absolute atomic E-state index is 0.224. The van der Waals surface area contributed by atoms with Crippen molar-refractivity contribution < 1.29 is 9.15 Å². The summed E-state index contributed by atoms with van der Waals surface area (Å²) in [7, 11) is 0. The smallest absolute Gasteiger partial charge is 0.256 e. The fourth-order valence-corrected chi connectivity index (χ4v) is 5.59. The van der Waals surface area contributed by atoms with Crippen LogP contribution in [0.1, 0.15) is 76.0 Å².